The fraction of sp³-hybridized carbons (Fsp3) is 0.125. The minimum atomic E-state index is -0.790. The summed E-state index contributed by atoms with van der Waals surface area (Å²) in [6.45, 7) is 1.95. The van der Waals surface area contributed by atoms with E-state index in [1.54, 1.807) is 24.3 Å². The summed E-state index contributed by atoms with van der Waals surface area (Å²) in [7, 11) is 0. The highest BCUT2D eigenvalue weighted by Crippen LogP contribution is 2.25. The topological polar surface area (TPSA) is 40.9 Å². The quantitative estimate of drug-likeness (QED) is 0.688. The molecule has 4 heteroatoms. The van der Waals surface area contributed by atoms with E-state index in [-0.39, 0.29) is 5.78 Å². The molecule has 0 amide bonds. The number of hydrogen-bond acceptors (Lipinski definition) is 2. The van der Waals surface area contributed by atoms with Gasteiger partial charge in [0.2, 0.25) is 0 Å². The molecule has 0 N–H and O–H groups in total. The average Bonchev–Trinajstić information content (AvgIpc) is 2.42. The van der Waals surface area contributed by atoms with Crippen LogP contribution in [0.1, 0.15) is 27.4 Å². The molecule has 0 aromatic heterocycles. The number of carbonyl (C=O) groups excluding carboxylic acids is 1. The molecular weight excluding hydrogens is 382 g/mol. The molecule has 0 saturated carbocycles. The van der Waals surface area contributed by atoms with E-state index in [4.69, 9.17) is 0 Å². The first-order valence-electron chi connectivity index (χ1n) is 5.98. The Kier molecular flexibility index (Phi) is 4.74. The van der Waals surface area contributed by atoms with Crippen molar-refractivity contribution >= 4 is 37.6 Å². The predicted octanol–water partition coefficient (Wildman–Crippen LogP) is 5.01. The first-order valence-corrected chi connectivity index (χ1v) is 7.57. The van der Waals surface area contributed by atoms with Crippen LogP contribution in [0.2, 0.25) is 0 Å². The standard InChI is InChI=1S/C16H11Br2NO/c1-10-5-6-12(8-15(10)18)16(20)14(9-19)11-3-2-4-13(17)7-11/h2-8,14H,1H3. The molecule has 2 nitrogen and oxygen atoms in total. The van der Waals surface area contributed by atoms with Crippen LogP contribution in [-0.4, -0.2) is 5.78 Å². The molecule has 20 heavy (non-hydrogen) atoms. The molecule has 1 atom stereocenters. The number of carbonyl (C=O) groups is 1. The molecule has 2 aromatic carbocycles. The summed E-state index contributed by atoms with van der Waals surface area (Å²) in [5, 5.41) is 9.33. The fourth-order valence-electron chi connectivity index (χ4n) is 1.88. The lowest BCUT2D eigenvalue weighted by atomic mass is 9.91. The highest BCUT2D eigenvalue weighted by molar-refractivity contribution is 9.10. The molecule has 2 rings (SSSR count). The van der Waals surface area contributed by atoms with E-state index in [0.717, 1.165) is 14.5 Å². The van der Waals surface area contributed by atoms with Gasteiger partial charge in [0.15, 0.2) is 5.78 Å². The van der Waals surface area contributed by atoms with Gasteiger partial charge in [0, 0.05) is 14.5 Å². The molecule has 0 spiro atoms. The van der Waals surface area contributed by atoms with Crippen molar-refractivity contribution in [2.45, 2.75) is 12.8 Å². The van der Waals surface area contributed by atoms with Crippen LogP contribution in [0.3, 0.4) is 0 Å². The fourth-order valence-corrected chi connectivity index (χ4v) is 2.68. The van der Waals surface area contributed by atoms with E-state index in [0.29, 0.717) is 11.1 Å². The summed E-state index contributed by atoms with van der Waals surface area (Å²) >= 11 is 6.77. The van der Waals surface area contributed by atoms with Crippen LogP contribution >= 0.6 is 31.9 Å². The number of benzene rings is 2. The molecule has 100 valence electrons. The lowest BCUT2D eigenvalue weighted by Gasteiger charge is -2.10. The van der Waals surface area contributed by atoms with Crippen molar-refractivity contribution in [1.82, 2.24) is 0 Å². The van der Waals surface area contributed by atoms with Crippen LogP contribution in [0.5, 0.6) is 0 Å². The Morgan fingerprint density at radius 3 is 2.55 bits per heavy atom. The molecule has 0 aliphatic carbocycles. The summed E-state index contributed by atoms with van der Waals surface area (Å²) in [6.07, 6.45) is 0. The van der Waals surface area contributed by atoms with Gasteiger partial charge >= 0.3 is 0 Å². The molecular formula is C16H11Br2NO. The monoisotopic (exact) mass is 391 g/mol. The Bertz CT molecular complexity index is 704. The molecule has 0 heterocycles. The van der Waals surface area contributed by atoms with Crippen molar-refractivity contribution in [1.29, 1.82) is 5.26 Å². The van der Waals surface area contributed by atoms with Gasteiger partial charge in [0.25, 0.3) is 0 Å². The number of nitriles is 1. The van der Waals surface area contributed by atoms with Gasteiger partial charge in [-0.25, -0.2) is 0 Å². The number of aryl methyl sites for hydroxylation is 1. The zero-order chi connectivity index (χ0) is 14.7. The second kappa shape index (κ2) is 6.34. The lowest BCUT2D eigenvalue weighted by Crippen LogP contribution is -2.11. The zero-order valence-electron chi connectivity index (χ0n) is 10.7. The first kappa shape index (κ1) is 15.0. The molecule has 0 aliphatic rings. The number of ketones is 1. The van der Waals surface area contributed by atoms with Gasteiger partial charge in [-0.3, -0.25) is 4.79 Å². The Morgan fingerprint density at radius 1 is 1.20 bits per heavy atom. The minimum absolute atomic E-state index is 0.189. The smallest absolute Gasteiger partial charge is 0.184 e. The Balaban J connectivity index is 2.39. The van der Waals surface area contributed by atoms with Gasteiger partial charge in [-0.05, 0) is 36.2 Å². The number of halogens is 2. The van der Waals surface area contributed by atoms with E-state index in [1.165, 1.54) is 0 Å². The van der Waals surface area contributed by atoms with Gasteiger partial charge in [-0.1, -0.05) is 56.1 Å². The van der Waals surface area contributed by atoms with Crippen LogP contribution in [0, 0.1) is 18.3 Å². The third-order valence-corrected chi connectivity index (χ3v) is 4.38. The molecule has 0 aliphatic heterocycles. The van der Waals surface area contributed by atoms with Gasteiger partial charge in [-0.15, -0.1) is 0 Å². The second-order valence-electron chi connectivity index (χ2n) is 4.45. The van der Waals surface area contributed by atoms with Crippen molar-refractivity contribution in [3.63, 3.8) is 0 Å². The van der Waals surface area contributed by atoms with Crippen LogP contribution in [0.15, 0.2) is 51.4 Å². The molecule has 0 fully saturated rings. The SMILES string of the molecule is Cc1ccc(C(=O)C(C#N)c2cccc(Br)c2)cc1Br. The summed E-state index contributed by atoms with van der Waals surface area (Å²) in [4.78, 5) is 12.5. The molecule has 0 saturated heterocycles. The van der Waals surface area contributed by atoms with Crippen molar-refractivity contribution < 1.29 is 4.79 Å². The maximum atomic E-state index is 12.5. The summed E-state index contributed by atoms with van der Waals surface area (Å²) < 4.78 is 1.72. The number of Topliss-reactive ketones (excluding diaryl/α,β-unsaturated/α-hetero) is 1. The lowest BCUT2D eigenvalue weighted by molar-refractivity contribution is 0.0979. The zero-order valence-corrected chi connectivity index (χ0v) is 13.9. The number of hydrogen-bond donors (Lipinski definition) is 0. The van der Waals surface area contributed by atoms with Crippen molar-refractivity contribution in [2.24, 2.45) is 0 Å². The Hall–Kier alpha value is -1.44. The van der Waals surface area contributed by atoms with E-state index < -0.39 is 5.92 Å². The van der Waals surface area contributed by atoms with Crippen molar-refractivity contribution in [3.8, 4) is 6.07 Å². The number of rotatable bonds is 3. The highest BCUT2D eigenvalue weighted by atomic mass is 79.9. The normalized spacial score (nSPS) is 11.7. The van der Waals surface area contributed by atoms with E-state index in [9.17, 15) is 10.1 Å². The van der Waals surface area contributed by atoms with Crippen LogP contribution in [0.25, 0.3) is 0 Å². The van der Waals surface area contributed by atoms with E-state index in [1.807, 2.05) is 25.1 Å². The molecule has 0 radical (unpaired) electrons. The maximum Gasteiger partial charge on any atom is 0.184 e. The largest absolute Gasteiger partial charge is 0.292 e. The van der Waals surface area contributed by atoms with Gasteiger partial charge in [0.05, 0.1) is 6.07 Å². The van der Waals surface area contributed by atoms with Gasteiger partial charge in [0.1, 0.15) is 5.92 Å². The van der Waals surface area contributed by atoms with Gasteiger partial charge < -0.3 is 0 Å². The van der Waals surface area contributed by atoms with Gasteiger partial charge in [-0.2, -0.15) is 5.26 Å². The van der Waals surface area contributed by atoms with E-state index in [2.05, 4.69) is 37.9 Å². The first-order chi connectivity index (χ1) is 9.52. The minimum Gasteiger partial charge on any atom is -0.292 e. The summed E-state index contributed by atoms with van der Waals surface area (Å²) in [6, 6.07) is 14.8. The third kappa shape index (κ3) is 3.17. The highest BCUT2D eigenvalue weighted by Gasteiger charge is 2.22. The Labute approximate surface area is 134 Å². The molecule has 2 aromatic rings. The maximum absolute atomic E-state index is 12.5. The van der Waals surface area contributed by atoms with Crippen LogP contribution in [-0.2, 0) is 0 Å². The average molecular weight is 393 g/mol. The molecule has 1 unspecified atom stereocenters. The summed E-state index contributed by atoms with van der Waals surface area (Å²) in [5.74, 6) is -0.978. The Morgan fingerprint density at radius 2 is 1.95 bits per heavy atom. The predicted molar refractivity (Wildman–Crippen MR) is 85.7 cm³/mol. The molecule has 0 bridgehead atoms. The third-order valence-electron chi connectivity index (χ3n) is 3.03. The van der Waals surface area contributed by atoms with Crippen LogP contribution < -0.4 is 0 Å². The van der Waals surface area contributed by atoms with Crippen molar-refractivity contribution in [2.75, 3.05) is 0 Å². The van der Waals surface area contributed by atoms with E-state index >= 15 is 0 Å². The second-order valence-corrected chi connectivity index (χ2v) is 6.22. The summed E-state index contributed by atoms with van der Waals surface area (Å²) in [5.41, 5.74) is 2.29. The number of nitrogens with zero attached hydrogens (tertiary/aromatic N) is 1. The van der Waals surface area contributed by atoms with Crippen LogP contribution in [0.4, 0.5) is 0 Å². The van der Waals surface area contributed by atoms with Crippen molar-refractivity contribution in [3.05, 3.63) is 68.1 Å².